The average molecular weight is 425 g/mol. The van der Waals surface area contributed by atoms with Gasteiger partial charge in [-0.1, -0.05) is 59.6 Å². The maximum Gasteiger partial charge on any atom is 0.242 e. The van der Waals surface area contributed by atoms with Crippen LogP contribution < -0.4 is 5.32 Å². The second-order valence-electron chi connectivity index (χ2n) is 5.99. The molecule has 2 aromatic carbocycles. The van der Waals surface area contributed by atoms with E-state index in [0.29, 0.717) is 15.8 Å². The van der Waals surface area contributed by atoms with Gasteiger partial charge in [-0.3, -0.25) is 9.59 Å². The van der Waals surface area contributed by atoms with Gasteiger partial charge in [0.1, 0.15) is 6.04 Å². The van der Waals surface area contributed by atoms with Crippen molar-refractivity contribution in [3.05, 3.63) is 69.7 Å². The monoisotopic (exact) mass is 424 g/mol. The predicted octanol–water partition coefficient (Wildman–Crippen LogP) is 4.39. The van der Waals surface area contributed by atoms with Crippen LogP contribution in [0.1, 0.15) is 18.1 Å². The van der Waals surface area contributed by atoms with Crippen LogP contribution in [0.2, 0.25) is 10.0 Å². The highest BCUT2D eigenvalue weighted by Gasteiger charge is 2.25. The Balaban J connectivity index is 2.07. The van der Waals surface area contributed by atoms with Crippen LogP contribution >= 0.6 is 35.0 Å². The Kier molecular flexibility index (Phi) is 8.48. The molecule has 0 aromatic heterocycles. The lowest BCUT2D eigenvalue weighted by Gasteiger charge is -2.28. The van der Waals surface area contributed by atoms with Crippen LogP contribution in [0.4, 0.5) is 0 Å². The summed E-state index contributed by atoms with van der Waals surface area (Å²) in [6.45, 7) is 1.99. The molecular weight excluding hydrogens is 403 g/mol. The molecule has 0 heterocycles. The molecule has 0 fully saturated rings. The number of carbonyl (C=O) groups is 2. The Morgan fingerprint density at radius 1 is 1.04 bits per heavy atom. The maximum absolute atomic E-state index is 12.8. The van der Waals surface area contributed by atoms with Gasteiger partial charge < -0.3 is 10.2 Å². The lowest BCUT2D eigenvalue weighted by Crippen LogP contribution is -2.47. The van der Waals surface area contributed by atoms with Crippen LogP contribution in [0.3, 0.4) is 0 Å². The number of benzene rings is 2. The first-order chi connectivity index (χ1) is 12.9. The molecule has 2 amide bonds. The fourth-order valence-corrected chi connectivity index (χ4v) is 3.94. The first-order valence-electron chi connectivity index (χ1n) is 8.49. The Morgan fingerprint density at radius 3 is 2.15 bits per heavy atom. The van der Waals surface area contributed by atoms with E-state index in [1.807, 2.05) is 42.5 Å². The van der Waals surface area contributed by atoms with Crippen molar-refractivity contribution in [1.82, 2.24) is 10.2 Å². The minimum Gasteiger partial charge on any atom is -0.357 e. The summed E-state index contributed by atoms with van der Waals surface area (Å²) >= 11 is 13.9. The molecule has 1 N–H and O–H groups in total. The smallest absolute Gasteiger partial charge is 0.242 e. The molecule has 27 heavy (non-hydrogen) atoms. The normalized spacial score (nSPS) is 11.7. The van der Waals surface area contributed by atoms with E-state index in [2.05, 4.69) is 5.32 Å². The summed E-state index contributed by atoms with van der Waals surface area (Å²) < 4.78 is 0. The number of likely N-dealkylation sites (N-methyl/N-ethyl adjacent to an activating group) is 1. The molecule has 4 nitrogen and oxygen atoms in total. The van der Waals surface area contributed by atoms with Gasteiger partial charge in [0.05, 0.1) is 5.75 Å². The lowest BCUT2D eigenvalue weighted by atomic mass is 10.1. The Labute approximate surface area is 174 Å². The second kappa shape index (κ2) is 10.6. The highest BCUT2D eigenvalue weighted by molar-refractivity contribution is 7.99. The fraction of sp³-hybridized carbons (Fsp3) is 0.300. The van der Waals surface area contributed by atoms with E-state index in [4.69, 9.17) is 23.2 Å². The molecule has 0 aliphatic carbocycles. The van der Waals surface area contributed by atoms with E-state index in [0.717, 1.165) is 11.1 Å². The molecule has 2 rings (SSSR count). The zero-order valence-electron chi connectivity index (χ0n) is 15.2. The second-order valence-corrected chi connectivity index (χ2v) is 7.79. The summed E-state index contributed by atoms with van der Waals surface area (Å²) in [5, 5.41) is 3.86. The van der Waals surface area contributed by atoms with Crippen molar-refractivity contribution < 1.29 is 9.59 Å². The molecule has 0 spiro atoms. The van der Waals surface area contributed by atoms with Crippen molar-refractivity contribution in [2.24, 2.45) is 0 Å². The fourth-order valence-electron chi connectivity index (χ4n) is 2.55. The summed E-state index contributed by atoms with van der Waals surface area (Å²) in [4.78, 5) is 26.5. The molecule has 0 aliphatic heterocycles. The number of hydrogen-bond donors (Lipinski definition) is 1. The minimum atomic E-state index is -0.598. The van der Waals surface area contributed by atoms with Crippen LogP contribution in [-0.2, 0) is 21.9 Å². The largest absolute Gasteiger partial charge is 0.357 e. The summed E-state index contributed by atoms with van der Waals surface area (Å²) in [6, 6.07) is 14.3. The highest BCUT2D eigenvalue weighted by atomic mass is 35.5. The number of carbonyl (C=O) groups excluding carboxylic acids is 2. The molecule has 0 bridgehead atoms. The third-order valence-electron chi connectivity index (χ3n) is 4.15. The molecule has 0 saturated heterocycles. The van der Waals surface area contributed by atoms with Gasteiger partial charge in [-0.25, -0.2) is 0 Å². The molecule has 7 heteroatoms. The third kappa shape index (κ3) is 6.16. The average Bonchev–Trinajstić information content (AvgIpc) is 2.67. The van der Waals surface area contributed by atoms with Crippen molar-refractivity contribution in [3.8, 4) is 0 Å². The van der Waals surface area contributed by atoms with Gasteiger partial charge in [0, 0.05) is 29.4 Å². The van der Waals surface area contributed by atoms with Gasteiger partial charge in [0.25, 0.3) is 0 Å². The quantitative estimate of drug-likeness (QED) is 0.683. The van der Waals surface area contributed by atoms with E-state index >= 15 is 0 Å². The molecular formula is C20H22Cl2N2O2S. The number of nitrogens with zero attached hydrogens (tertiary/aromatic N) is 1. The number of thioether (sulfide) groups is 1. The lowest BCUT2D eigenvalue weighted by molar-refractivity contribution is -0.138. The zero-order valence-corrected chi connectivity index (χ0v) is 17.6. The standard InChI is InChI=1S/C20H22Cl2N2O2S/c1-14(20(26)23-2)24(11-15-7-3-5-9-17(15)21)19(25)13-27-12-16-8-4-6-10-18(16)22/h3-10,14H,11-13H2,1-2H3,(H,23,26)/t14-/m1/s1. The molecule has 1 atom stereocenters. The zero-order chi connectivity index (χ0) is 19.8. The Morgan fingerprint density at radius 2 is 1.59 bits per heavy atom. The Hall–Kier alpha value is -1.69. The minimum absolute atomic E-state index is 0.122. The number of hydrogen-bond acceptors (Lipinski definition) is 3. The molecule has 144 valence electrons. The summed E-state index contributed by atoms with van der Waals surface area (Å²) in [5.74, 6) is 0.533. The van der Waals surface area contributed by atoms with Gasteiger partial charge in [0.15, 0.2) is 0 Å². The van der Waals surface area contributed by atoms with Crippen LogP contribution in [-0.4, -0.2) is 35.6 Å². The van der Waals surface area contributed by atoms with Gasteiger partial charge in [0.2, 0.25) is 11.8 Å². The number of nitrogens with one attached hydrogen (secondary N) is 1. The van der Waals surface area contributed by atoms with Gasteiger partial charge in [-0.2, -0.15) is 0 Å². The maximum atomic E-state index is 12.8. The van der Waals surface area contributed by atoms with Crippen molar-refractivity contribution in [1.29, 1.82) is 0 Å². The number of halogens is 2. The van der Waals surface area contributed by atoms with Crippen molar-refractivity contribution >= 4 is 46.8 Å². The third-order valence-corrected chi connectivity index (χ3v) is 5.86. The van der Waals surface area contributed by atoms with E-state index in [1.165, 1.54) is 11.8 Å². The first-order valence-corrected chi connectivity index (χ1v) is 10.4. The van der Waals surface area contributed by atoms with Crippen molar-refractivity contribution in [2.75, 3.05) is 12.8 Å². The predicted molar refractivity (Wildman–Crippen MR) is 113 cm³/mol. The highest BCUT2D eigenvalue weighted by Crippen LogP contribution is 2.23. The van der Waals surface area contributed by atoms with Crippen LogP contribution in [0.25, 0.3) is 0 Å². The van der Waals surface area contributed by atoms with E-state index in [-0.39, 0.29) is 24.1 Å². The van der Waals surface area contributed by atoms with Crippen molar-refractivity contribution in [3.63, 3.8) is 0 Å². The molecule has 0 aliphatic rings. The first kappa shape index (κ1) is 21.6. The summed E-state index contributed by atoms with van der Waals surface area (Å²) in [6.07, 6.45) is 0. The van der Waals surface area contributed by atoms with E-state index in [9.17, 15) is 9.59 Å². The van der Waals surface area contributed by atoms with Gasteiger partial charge in [-0.15, -0.1) is 11.8 Å². The number of amides is 2. The van der Waals surface area contributed by atoms with Gasteiger partial charge >= 0.3 is 0 Å². The molecule has 2 aromatic rings. The van der Waals surface area contributed by atoms with Crippen molar-refractivity contribution in [2.45, 2.75) is 25.3 Å². The van der Waals surface area contributed by atoms with E-state index < -0.39 is 6.04 Å². The van der Waals surface area contributed by atoms with E-state index in [1.54, 1.807) is 24.9 Å². The van der Waals surface area contributed by atoms with Crippen LogP contribution in [0.15, 0.2) is 48.5 Å². The molecule has 0 unspecified atom stereocenters. The van der Waals surface area contributed by atoms with Gasteiger partial charge in [-0.05, 0) is 30.2 Å². The number of rotatable bonds is 8. The van der Waals surface area contributed by atoms with Crippen LogP contribution in [0, 0.1) is 0 Å². The molecule has 0 saturated carbocycles. The summed E-state index contributed by atoms with van der Waals surface area (Å²) in [7, 11) is 1.56. The molecule has 0 radical (unpaired) electrons. The summed E-state index contributed by atoms with van der Waals surface area (Å²) in [5.41, 5.74) is 1.79. The van der Waals surface area contributed by atoms with Crippen LogP contribution in [0.5, 0.6) is 0 Å². The topological polar surface area (TPSA) is 49.4 Å². The SMILES string of the molecule is CNC(=O)[C@@H](C)N(Cc1ccccc1Cl)C(=O)CSCc1ccccc1Cl. The Bertz CT molecular complexity index is 801.